The van der Waals surface area contributed by atoms with Crippen LogP contribution in [0.3, 0.4) is 0 Å². The second kappa shape index (κ2) is 3.61. The van der Waals surface area contributed by atoms with Crippen molar-refractivity contribution in [2.24, 2.45) is 0 Å². The average molecular weight is 207 g/mol. The van der Waals surface area contributed by atoms with Crippen LogP contribution < -0.4 is 5.32 Å². The summed E-state index contributed by atoms with van der Waals surface area (Å²) >= 11 is 0. The molecule has 82 valence electrons. The molecule has 3 rings (SSSR count). The minimum atomic E-state index is 0.467. The van der Waals surface area contributed by atoms with Gasteiger partial charge in [-0.15, -0.1) is 0 Å². The highest BCUT2D eigenvalue weighted by Crippen LogP contribution is 2.27. The Kier molecular flexibility index (Phi) is 2.25. The van der Waals surface area contributed by atoms with Gasteiger partial charge in [-0.25, -0.2) is 0 Å². The zero-order valence-electron chi connectivity index (χ0n) is 9.07. The number of rotatable bonds is 2. The quantitative estimate of drug-likeness (QED) is 0.781. The standard InChI is InChI=1S/C11H17N3O/c1-8-4-11(9-5-12-6-9)14(13-8)10-2-3-15-7-10/h4,9-10,12H,2-3,5-7H2,1H3. The molecule has 0 aromatic carbocycles. The van der Waals surface area contributed by atoms with Crippen molar-refractivity contribution in [2.45, 2.75) is 25.3 Å². The van der Waals surface area contributed by atoms with Crippen LogP contribution in [0.5, 0.6) is 0 Å². The molecule has 2 fully saturated rings. The van der Waals surface area contributed by atoms with Gasteiger partial charge in [0, 0.05) is 31.3 Å². The Hall–Kier alpha value is -0.870. The molecule has 4 heteroatoms. The van der Waals surface area contributed by atoms with Gasteiger partial charge in [-0.3, -0.25) is 4.68 Å². The highest BCUT2D eigenvalue weighted by atomic mass is 16.5. The van der Waals surface area contributed by atoms with Crippen LogP contribution in [-0.2, 0) is 4.74 Å². The molecule has 2 saturated heterocycles. The number of hydrogen-bond acceptors (Lipinski definition) is 3. The summed E-state index contributed by atoms with van der Waals surface area (Å²) in [4.78, 5) is 0. The lowest BCUT2D eigenvalue weighted by Crippen LogP contribution is -2.41. The number of aromatic nitrogens is 2. The first kappa shape index (κ1) is 9.36. The van der Waals surface area contributed by atoms with Gasteiger partial charge < -0.3 is 10.1 Å². The molecule has 0 amide bonds. The second-order valence-electron chi connectivity index (χ2n) is 4.53. The number of hydrogen-bond donors (Lipinski definition) is 1. The van der Waals surface area contributed by atoms with E-state index in [4.69, 9.17) is 4.74 Å². The smallest absolute Gasteiger partial charge is 0.0777 e. The second-order valence-corrected chi connectivity index (χ2v) is 4.53. The van der Waals surface area contributed by atoms with E-state index in [0.29, 0.717) is 12.0 Å². The molecule has 2 aliphatic heterocycles. The first-order valence-corrected chi connectivity index (χ1v) is 5.69. The van der Waals surface area contributed by atoms with Gasteiger partial charge in [0.15, 0.2) is 0 Å². The van der Waals surface area contributed by atoms with E-state index in [-0.39, 0.29) is 0 Å². The lowest BCUT2D eigenvalue weighted by atomic mass is 9.98. The molecule has 1 unspecified atom stereocenters. The van der Waals surface area contributed by atoms with E-state index in [1.54, 1.807) is 0 Å². The summed E-state index contributed by atoms with van der Waals surface area (Å²) < 4.78 is 7.63. The first-order chi connectivity index (χ1) is 7.34. The van der Waals surface area contributed by atoms with Crippen molar-refractivity contribution >= 4 is 0 Å². The van der Waals surface area contributed by atoms with Gasteiger partial charge in [-0.1, -0.05) is 0 Å². The van der Waals surface area contributed by atoms with Crippen LogP contribution in [0.1, 0.15) is 29.8 Å². The van der Waals surface area contributed by atoms with Crippen molar-refractivity contribution < 1.29 is 4.74 Å². The van der Waals surface area contributed by atoms with Crippen molar-refractivity contribution in [1.29, 1.82) is 0 Å². The molecule has 1 N–H and O–H groups in total. The van der Waals surface area contributed by atoms with Crippen molar-refractivity contribution in [2.75, 3.05) is 26.3 Å². The molecule has 2 aliphatic rings. The fourth-order valence-corrected chi connectivity index (χ4v) is 2.35. The Morgan fingerprint density at radius 2 is 2.40 bits per heavy atom. The number of nitrogens with zero attached hydrogens (tertiary/aromatic N) is 2. The number of aryl methyl sites for hydroxylation is 1. The van der Waals surface area contributed by atoms with Gasteiger partial charge in [0.25, 0.3) is 0 Å². The van der Waals surface area contributed by atoms with Gasteiger partial charge in [0.05, 0.1) is 18.3 Å². The Morgan fingerprint density at radius 3 is 3.00 bits per heavy atom. The van der Waals surface area contributed by atoms with Gasteiger partial charge in [-0.2, -0.15) is 5.10 Å². The zero-order valence-corrected chi connectivity index (χ0v) is 9.07. The third-order valence-corrected chi connectivity index (χ3v) is 3.34. The monoisotopic (exact) mass is 207 g/mol. The van der Waals surface area contributed by atoms with Crippen LogP contribution in [0, 0.1) is 6.92 Å². The molecular weight excluding hydrogens is 190 g/mol. The van der Waals surface area contributed by atoms with Crippen LogP contribution in [0.2, 0.25) is 0 Å². The third-order valence-electron chi connectivity index (χ3n) is 3.34. The van der Waals surface area contributed by atoms with Crippen LogP contribution in [-0.4, -0.2) is 36.1 Å². The van der Waals surface area contributed by atoms with E-state index in [9.17, 15) is 0 Å². The molecule has 15 heavy (non-hydrogen) atoms. The van der Waals surface area contributed by atoms with Crippen LogP contribution in [0.25, 0.3) is 0 Å². The predicted octanol–water partition coefficient (Wildman–Crippen LogP) is 0.840. The minimum absolute atomic E-state index is 0.467. The number of nitrogens with one attached hydrogen (secondary N) is 1. The van der Waals surface area contributed by atoms with E-state index >= 15 is 0 Å². The molecule has 0 spiro atoms. The van der Waals surface area contributed by atoms with Gasteiger partial charge in [-0.05, 0) is 19.4 Å². The number of ether oxygens (including phenoxy) is 1. The molecule has 1 aromatic heterocycles. The van der Waals surface area contributed by atoms with Crippen LogP contribution >= 0.6 is 0 Å². The summed E-state index contributed by atoms with van der Waals surface area (Å²) in [5, 5.41) is 7.92. The Balaban J connectivity index is 1.90. The predicted molar refractivity (Wildman–Crippen MR) is 57.0 cm³/mol. The van der Waals surface area contributed by atoms with E-state index in [1.807, 2.05) is 0 Å². The molecule has 1 atom stereocenters. The van der Waals surface area contributed by atoms with Gasteiger partial charge >= 0.3 is 0 Å². The highest BCUT2D eigenvalue weighted by Gasteiger charge is 2.28. The molecule has 0 saturated carbocycles. The topological polar surface area (TPSA) is 39.1 Å². The maximum atomic E-state index is 5.43. The Labute approximate surface area is 89.6 Å². The Bertz CT molecular complexity index is 351. The van der Waals surface area contributed by atoms with Crippen molar-refractivity contribution in [1.82, 2.24) is 15.1 Å². The van der Waals surface area contributed by atoms with Crippen LogP contribution in [0.4, 0.5) is 0 Å². The average Bonchev–Trinajstić information content (AvgIpc) is 2.70. The zero-order chi connectivity index (χ0) is 10.3. The van der Waals surface area contributed by atoms with Gasteiger partial charge in [0.1, 0.15) is 0 Å². The molecule has 0 radical (unpaired) electrons. The van der Waals surface area contributed by atoms with Crippen LogP contribution in [0.15, 0.2) is 6.07 Å². The molecule has 0 aliphatic carbocycles. The SMILES string of the molecule is Cc1cc(C2CNC2)n(C2CCOC2)n1. The van der Waals surface area contributed by atoms with Crippen molar-refractivity contribution in [3.05, 3.63) is 17.5 Å². The maximum absolute atomic E-state index is 5.43. The summed E-state index contributed by atoms with van der Waals surface area (Å²) in [5.74, 6) is 0.659. The van der Waals surface area contributed by atoms with E-state index in [0.717, 1.165) is 38.4 Å². The molecular formula is C11H17N3O. The summed E-state index contributed by atoms with van der Waals surface area (Å²) in [6.07, 6.45) is 1.11. The van der Waals surface area contributed by atoms with Gasteiger partial charge in [0.2, 0.25) is 0 Å². The largest absolute Gasteiger partial charge is 0.379 e. The molecule has 4 nitrogen and oxygen atoms in total. The third kappa shape index (κ3) is 1.58. The molecule has 0 bridgehead atoms. The van der Waals surface area contributed by atoms with E-state index < -0.39 is 0 Å². The molecule has 3 heterocycles. The summed E-state index contributed by atoms with van der Waals surface area (Å²) in [6, 6.07) is 2.69. The lowest BCUT2D eigenvalue weighted by molar-refractivity contribution is 0.183. The molecule has 1 aromatic rings. The minimum Gasteiger partial charge on any atom is -0.379 e. The normalized spacial score (nSPS) is 26.9. The van der Waals surface area contributed by atoms with Crippen molar-refractivity contribution in [3.8, 4) is 0 Å². The highest BCUT2D eigenvalue weighted by molar-refractivity contribution is 5.18. The van der Waals surface area contributed by atoms with E-state index in [2.05, 4.69) is 28.1 Å². The maximum Gasteiger partial charge on any atom is 0.0777 e. The van der Waals surface area contributed by atoms with Crippen molar-refractivity contribution in [3.63, 3.8) is 0 Å². The fourth-order valence-electron chi connectivity index (χ4n) is 2.35. The first-order valence-electron chi connectivity index (χ1n) is 5.69. The Morgan fingerprint density at radius 1 is 1.53 bits per heavy atom. The van der Waals surface area contributed by atoms with E-state index in [1.165, 1.54) is 5.69 Å². The summed E-state index contributed by atoms with van der Waals surface area (Å²) in [5.41, 5.74) is 2.52. The fraction of sp³-hybridized carbons (Fsp3) is 0.727. The lowest BCUT2D eigenvalue weighted by Gasteiger charge is -2.28. The summed E-state index contributed by atoms with van der Waals surface area (Å²) in [6.45, 7) is 5.97. The summed E-state index contributed by atoms with van der Waals surface area (Å²) in [7, 11) is 0.